The molecule has 1 amide bonds. The van der Waals surface area contributed by atoms with Crippen LogP contribution in [0.3, 0.4) is 0 Å². The highest BCUT2D eigenvalue weighted by molar-refractivity contribution is 5.94. The lowest BCUT2D eigenvalue weighted by Crippen LogP contribution is -2.35. The summed E-state index contributed by atoms with van der Waals surface area (Å²) in [6, 6.07) is 16.1. The number of benzene rings is 1. The number of amides is 1. The third-order valence-electron chi connectivity index (χ3n) is 5.48. The van der Waals surface area contributed by atoms with Crippen LogP contribution in [0.1, 0.15) is 33.9 Å². The summed E-state index contributed by atoms with van der Waals surface area (Å²) in [5, 5.41) is 0. The Morgan fingerprint density at radius 1 is 0.929 bits per heavy atom. The van der Waals surface area contributed by atoms with Crippen molar-refractivity contribution in [3.8, 4) is 5.69 Å². The minimum Gasteiger partial charge on any atom is -0.468 e. The van der Waals surface area contributed by atoms with E-state index in [1.165, 1.54) is 11.4 Å². The number of hydrogen-bond donors (Lipinski definition) is 0. The minimum absolute atomic E-state index is 0.118. The number of aromatic nitrogens is 1. The van der Waals surface area contributed by atoms with Crippen molar-refractivity contribution in [2.45, 2.75) is 26.8 Å². The van der Waals surface area contributed by atoms with Gasteiger partial charge in [-0.3, -0.25) is 9.69 Å². The lowest BCUT2D eigenvalue weighted by Gasteiger charge is -2.22. The van der Waals surface area contributed by atoms with E-state index in [-0.39, 0.29) is 5.91 Å². The van der Waals surface area contributed by atoms with Gasteiger partial charge in [0, 0.05) is 48.8 Å². The molecule has 0 bridgehead atoms. The Balaban J connectivity index is 1.41. The van der Waals surface area contributed by atoms with Crippen molar-refractivity contribution in [1.29, 1.82) is 0 Å². The maximum atomic E-state index is 13.0. The van der Waals surface area contributed by atoms with Crippen LogP contribution in [0.5, 0.6) is 0 Å². The van der Waals surface area contributed by atoms with E-state index in [0.717, 1.165) is 56.2 Å². The van der Waals surface area contributed by atoms with Crippen LogP contribution in [0.25, 0.3) is 5.69 Å². The van der Waals surface area contributed by atoms with Gasteiger partial charge in [0.1, 0.15) is 5.76 Å². The Morgan fingerprint density at radius 3 is 2.36 bits per heavy atom. The van der Waals surface area contributed by atoms with Crippen LogP contribution >= 0.6 is 0 Å². The van der Waals surface area contributed by atoms with E-state index in [9.17, 15) is 4.79 Å². The first-order valence-electron chi connectivity index (χ1n) is 9.91. The van der Waals surface area contributed by atoms with E-state index in [1.54, 1.807) is 6.26 Å². The third kappa shape index (κ3) is 3.90. The molecule has 0 spiro atoms. The fourth-order valence-corrected chi connectivity index (χ4v) is 3.97. The van der Waals surface area contributed by atoms with Gasteiger partial charge in [-0.2, -0.15) is 0 Å². The number of hydrogen-bond acceptors (Lipinski definition) is 3. The molecule has 2 aromatic heterocycles. The van der Waals surface area contributed by atoms with Gasteiger partial charge in [0.2, 0.25) is 0 Å². The second kappa shape index (κ2) is 8.07. The lowest BCUT2D eigenvalue weighted by molar-refractivity contribution is 0.0761. The first-order valence-corrected chi connectivity index (χ1v) is 9.91. The number of rotatable bonds is 4. The zero-order chi connectivity index (χ0) is 19.5. The van der Waals surface area contributed by atoms with Crippen molar-refractivity contribution in [3.05, 3.63) is 77.5 Å². The van der Waals surface area contributed by atoms with Crippen LogP contribution < -0.4 is 0 Å². The molecule has 0 unspecified atom stereocenters. The zero-order valence-electron chi connectivity index (χ0n) is 16.6. The van der Waals surface area contributed by atoms with Crippen molar-refractivity contribution in [3.63, 3.8) is 0 Å². The van der Waals surface area contributed by atoms with Crippen LogP contribution in [0, 0.1) is 13.8 Å². The van der Waals surface area contributed by atoms with Gasteiger partial charge in [0.15, 0.2) is 0 Å². The molecule has 1 aliphatic rings. The van der Waals surface area contributed by atoms with Gasteiger partial charge in [0.05, 0.1) is 12.8 Å². The normalized spacial score (nSPS) is 15.6. The average molecular weight is 377 g/mol. The second-order valence-electron chi connectivity index (χ2n) is 7.50. The molecule has 0 atom stereocenters. The van der Waals surface area contributed by atoms with Crippen LogP contribution in [-0.2, 0) is 6.54 Å². The molecule has 1 fully saturated rings. The van der Waals surface area contributed by atoms with Crippen molar-refractivity contribution in [2.24, 2.45) is 0 Å². The Bertz CT molecular complexity index is 906. The molecule has 5 nitrogen and oxygen atoms in total. The summed E-state index contributed by atoms with van der Waals surface area (Å²) in [6.07, 6.45) is 2.69. The molecule has 0 aliphatic carbocycles. The fourth-order valence-electron chi connectivity index (χ4n) is 3.97. The molecule has 3 aromatic rings. The van der Waals surface area contributed by atoms with Gasteiger partial charge in [-0.25, -0.2) is 0 Å². The van der Waals surface area contributed by atoms with Crippen LogP contribution in [0.15, 0.2) is 59.2 Å². The number of carbonyl (C=O) groups is 1. The molecule has 1 aromatic carbocycles. The van der Waals surface area contributed by atoms with E-state index in [0.29, 0.717) is 0 Å². The summed E-state index contributed by atoms with van der Waals surface area (Å²) in [4.78, 5) is 17.3. The molecule has 0 radical (unpaired) electrons. The van der Waals surface area contributed by atoms with E-state index < -0.39 is 0 Å². The highest BCUT2D eigenvalue weighted by atomic mass is 16.3. The third-order valence-corrected chi connectivity index (χ3v) is 5.48. The second-order valence-corrected chi connectivity index (χ2v) is 7.50. The number of aryl methyl sites for hydroxylation is 2. The summed E-state index contributed by atoms with van der Waals surface area (Å²) < 4.78 is 7.66. The van der Waals surface area contributed by atoms with Crippen molar-refractivity contribution < 1.29 is 9.21 Å². The van der Waals surface area contributed by atoms with E-state index in [2.05, 4.69) is 35.4 Å². The maximum Gasteiger partial charge on any atom is 0.253 e. The standard InChI is InChI=1S/C23H27N3O2/c1-18-6-7-19(2)26(18)21-10-8-20(9-11-21)23(27)25-13-4-12-24(14-15-25)17-22-5-3-16-28-22/h3,5-11,16H,4,12-15,17H2,1-2H3. The SMILES string of the molecule is Cc1ccc(C)n1-c1ccc(C(=O)N2CCCN(Cc3ccco3)CC2)cc1. The first-order chi connectivity index (χ1) is 13.6. The van der Waals surface area contributed by atoms with Crippen molar-refractivity contribution in [1.82, 2.24) is 14.4 Å². The van der Waals surface area contributed by atoms with E-state index in [1.807, 2.05) is 41.3 Å². The molecule has 1 saturated heterocycles. The molecule has 28 heavy (non-hydrogen) atoms. The summed E-state index contributed by atoms with van der Waals surface area (Å²) in [5.41, 5.74) is 4.24. The van der Waals surface area contributed by atoms with Gasteiger partial charge >= 0.3 is 0 Å². The van der Waals surface area contributed by atoms with Crippen LogP contribution in [0.4, 0.5) is 0 Å². The molecule has 4 rings (SSSR count). The van der Waals surface area contributed by atoms with Crippen LogP contribution in [-0.4, -0.2) is 46.5 Å². The van der Waals surface area contributed by atoms with E-state index in [4.69, 9.17) is 4.42 Å². The Hall–Kier alpha value is -2.79. The van der Waals surface area contributed by atoms with Gasteiger partial charge in [-0.05, 0) is 68.8 Å². The molecule has 0 N–H and O–H groups in total. The summed E-state index contributed by atoms with van der Waals surface area (Å²) in [7, 11) is 0. The Morgan fingerprint density at radius 2 is 1.68 bits per heavy atom. The van der Waals surface area contributed by atoms with Gasteiger partial charge in [0.25, 0.3) is 5.91 Å². The van der Waals surface area contributed by atoms with Crippen molar-refractivity contribution in [2.75, 3.05) is 26.2 Å². The number of carbonyl (C=O) groups excluding carboxylic acids is 1. The molecular formula is C23H27N3O2. The van der Waals surface area contributed by atoms with Crippen molar-refractivity contribution >= 4 is 5.91 Å². The fraction of sp³-hybridized carbons (Fsp3) is 0.348. The van der Waals surface area contributed by atoms with Gasteiger partial charge < -0.3 is 13.9 Å². The molecular weight excluding hydrogens is 350 g/mol. The Labute approximate surface area is 166 Å². The Kier molecular flexibility index (Phi) is 5.35. The summed E-state index contributed by atoms with van der Waals surface area (Å²) in [5.74, 6) is 1.10. The largest absolute Gasteiger partial charge is 0.468 e. The number of furan rings is 1. The average Bonchev–Trinajstić information content (AvgIpc) is 3.26. The lowest BCUT2D eigenvalue weighted by atomic mass is 10.1. The molecule has 146 valence electrons. The summed E-state index contributed by atoms with van der Waals surface area (Å²) in [6.45, 7) is 8.39. The zero-order valence-corrected chi connectivity index (χ0v) is 16.6. The highest BCUT2D eigenvalue weighted by Gasteiger charge is 2.21. The molecule has 3 heterocycles. The topological polar surface area (TPSA) is 41.6 Å². The minimum atomic E-state index is 0.118. The smallest absolute Gasteiger partial charge is 0.253 e. The molecule has 5 heteroatoms. The predicted molar refractivity (Wildman–Crippen MR) is 110 cm³/mol. The number of nitrogens with zero attached hydrogens (tertiary/aromatic N) is 3. The quantitative estimate of drug-likeness (QED) is 0.689. The molecule has 0 saturated carbocycles. The molecule has 1 aliphatic heterocycles. The van der Waals surface area contributed by atoms with Gasteiger partial charge in [-0.1, -0.05) is 0 Å². The predicted octanol–water partition coefficient (Wildman–Crippen LogP) is 4.04. The summed E-state index contributed by atoms with van der Waals surface area (Å²) >= 11 is 0. The van der Waals surface area contributed by atoms with Crippen LogP contribution in [0.2, 0.25) is 0 Å². The van der Waals surface area contributed by atoms with Gasteiger partial charge in [-0.15, -0.1) is 0 Å². The maximum absolute atomic E-state index is 13.0. The van der Waals surface area contributed by atoms with E-state index >= 15 is 0 Å². The highest BCUT2D eigenvalue weighted by Crippen LogP contribution is 2.18. The first kappa shape index (κ1) is 18.6. The monoisotopic (exact) mass is 377 g/mol.